The maximum absolute atomic E-state index is 11.9. The fourth-order valence-corrected chi connectivity index (χ4v) is 5.69. The van der Waals surface area contributed by atoms with E-state index in [1.54, 1.807) is 13.0 Å². The number of carboxylic acids is 2. The number of allylic oxidation sites excluding steroid dienone is 1. The molecular weight excluding hydrogens is 282 g/mol. The molecule has 2 N–H and O–H groups in total. The van der Waals surface area contributed by atoms with E-state index in [0.29, 0.717) is 37.7 Å². The van der Waals surface area contributed by atoms with Crippen LogP contribution in [0.1, 0.15) is 51.9 Å². The van der Waals surface area contributed by atoms with Gasteiger partial charge in [-0.15, -0.1) is 0 Å². The smallest absolute Gasteiger partial charge is 0.330 e. The SMILES string of the molecule is CC(=CCC12CC3CC(C#N)(C1)CC(C(=O)O)(C3)C2)C(=O)O. The number of hydrogen-bond acceptors (Lipinski definition) is 3. The minimum atomic E-state index is -0.937. The molecule has 0 heterocycles. The monoisotopic (exact) mass is 303 g/mol. The molecule has 118 valence electrons. The lowest BCUT2D eigenvalue weighted by Gasteiger charge is -2.63. The summed E-state index contributed by atoms with van der Waals surface area (Å²) >= 11 is 0. The van der Waals surface area contributed by atoms with Crippen LogP contribution in [0.5, 0.6) is 0 Å². The molecule has 22 heavy (non-hydrogen) atoms. The first kappa shape index (κ1) is 15.1. The Morgan fingerprint density at radius 3 is 2.55 bits per heavy atom. The molecule has 5 heteroatoms. The van der Waals surface area contributed by atoms with Gasteiger partial charge in [0, 0.05) is 5.57 Å². The zero-order chi connectivity index (χ0) is 16.2. The van der Waals surface area contributed by atoms with Crippen molar-refractivity contribution in [3.05, 3.63) is 11.6 Å². The number of carbonyl (C=O) groups is 2. The second-order valence-corrected chi connectivity index (χ2v) is 7.88. The number of rotatable bonds is 4. The van der Waals surface area contributed by atoms with E-state index in [9.17, 15) is 20.0 Å². The molecule has 0 aliphatic heterocycles. The Morgan fingerprint density at radius 1 is 1.23 bits per heavy atom. The molecule has 4 fully saturated rings. The molecule has 4 saturated carbocycles. The number of hydrogen-bond donors (Lipinski definition) is 2. The molecule has 4 unspecified atom stereocenters. The van der Waals surface area contributed by atoms with Crippen molar-refractivity contribution >= 4 is 11.9 Å². The van der Waals surface area contributed by atoms with Gasteiger partial charge in [-0.25, -0.2) is 4.79 Å². The summed E-state index contributed by atoms with van der Waals surface area (Å²) in [5, 5.41) is 28.4. The molecule has 4 atom stereocenters. The van der Waals surface area contributed by atoms with E-state index in [-0.39, 0.29) is 11.3 Å². The molecule has 0 aromatic rings. The highest BCUT2D eigenvalue weighted by Crippen LogP contribution is 2.70. The zero-order valence-electron chi connectivity index (χ0n) is 12.8. The predicted molar refractivity (Wildman–Crippen MR) is 77.7 cm³/mol. The quantitative estimate of drug-likeness (QED) is 0.778. The summed E-state index contributed by atoms with van der Waals surface area (Å²) in [5.74, 6) is -1.43. The van der Waals surface area contributed by atoms with E-state index in [1.165, 1.54) is 0 Å². The van der Waals surface area contributed by atoms with Gasteiger partial charge in [0.15, 0.2) is 0 Å². The molecule has 5 nitrogen and oxygen atoms in total. The zero-order valence-corrected chi connectivity index (χ0v) is 12.8. The van der Waals surface area contributed by atoms with Crippen LogP contribution in [-0.4, -0.2) is 22.2 Å². The maximum Gasteiger partial charge on any atom is 0.330 e. The molecule has 4 aliphatic carbocycles. The van der Waals surface area contributed by atoms with Crippen molar-refractivity contribution < 1.29 is 19.8 Å². The lowest BCUT2D eigenvalue weighted by atomic mass is 9.39. The summed E-state index contributed by atoms with van der Waals surface area (Å²) in [4.78, 5) is 22.9. The molecule has 4 rings (SSSR count). The van der Waals surface area contributed by atoms with E-state index < -0.39 is 22.8 Å². The van der Waals surface area contributed by atoms with Crippen molar-refractivity contribution in [2.75, 3.05) is 0 Å². The largest absolute Gasteiger partial charge is 0.481 e. The Labute approximate surface area is 129 Å². The van der Waals surface area contributed by atoms with E-state index in [1.807, 2.05) is 0 Å². The van der Waals surface area contributed by atoms with Gasteiger partial charge >= 0.3 is 11.9 Å². The highest BCUT2D eigenvalue weighted by Gasteiger charge is 2.65. The highest BCUT2D eigenvalue weighted by atomic mass is 16.4. The average Bonchev–Trinajstić information content (AvgIpc) is 2.43. The summed E-state index contributed by atoms with van der Waals surface area (Å²) in [5.41, 5.74) is -1.22. The molecule has 0 spiro atoms. The van der Waals surface area contributed by atoms with E-state index >= 15 is 0 Å². The maximum atomic E-state index is 11.9. The third kappa shape index (κ3) is 2.13. The van der Waals surface area contributed by atoms with Crippen molar-refractivity contribution in [3.8, 4) is 6.07 Å². The topological polar surface area (TPSA) is 98.4 Å². The van der Waals surface area contributed by atoms with Gasteiger partial charge in [0.05, 0.1) is 16.9 Å². The molecule has 4 bridgehead atoms. The summed E-state index contributed by atoms with van der Waals surface area (Å²) in [6.07, 6.45) is 6.46. The minimum Gasteiger partial charge on any atom is -0.481 e. The third-order valence-electron chi connectivity index (χ3n) is 6.05. The highest BCUT2D eigenvalue weighted by molar-refractivity contribution is 5.85. The lowest BCUT2D eigenvalue weighted by Crippen LogP contribution is -2.58. The van der Waals surface area contributed by atoms with Crippen LogP contribution in [0.25, 0.3) is 0 Å². The van der Waals surface area contributed by atoms with Crippen molar-refractivity contribution in [2.24, 2.45) is 22.2 Å². The van der Waals surface area contributed by atoms with Crippen molar-refractivity contribution in [2.45, 2.75) is 51.9 Å². The van der Waals surface area contributed by atoms with Crippen molar-refractivity contribution in [3.63, 3.8) is 0 Å². The summed E-state index contributed by atoms with van der Waals surface area (Å²) in [7, 11) is 0. The molecule has 0 aromatic heterocycles. The van der Waals surface area contributed by atoms with Crippen LogP contribution in [0.3, 0.4) is 0 Å². The predicted octanol–water partition coefficient (Wildman–Crippen LogP) is 2.97. The minimum absolute atomic E-state index is 0.218. The Balaban J connectivity index is 1.96. The Kier molecular flexibility index (Phi) is 3.14. The van der Waals surface area contributed by atoms with Gasteiger partial charge in [0.25, 0.3) is 0 Å². The second-order valence-electron chi connectivity index (χ2n) is 7.88. The molecular formula is C17H21NO4. The normalized spacial score (nSPS) is 42.9. The van der Waals surface area contributed by atoms with Gasteiger partial charge in [0.1, 0.15) is 0 Å². The summed E-state index contributed by atoms with van der Waals surface area (Å²) in [6.45, 7) is 1.57. The lowest BCUT2D eigenvalue weighted by molar-refractivity contribution is -0.182. The second kappa shape index (κ2) is 4.58. The van der Waals surface area contributed by atoms with Crippen LogP contribution < -0.4 is 0 Å². The van der Waals surface area contributed by atoms with E-state index in [2.05, 4.69) is 6.07 Å². The van der Waals surface area contributed by atoms with Crippen LogP contribution in [0.15, 0.2) is 11.6 Å². The molecule has 4 aliphatic rings. The number of nitrogens with zero attached hydrogens (tertiary/aromatic N) is 1. The Bertz CT molecular complexity index is 619. The number of nitriles is 1. The molecule has 0 amide bonds. The average molecular weight is 303 g/mol. The summed E-state index contributed by atoms with van der Waals surface area (Å²) < 4.78 is 0. The first-order valence-electron chi connectivity index (χ1n) is 7.79. The van der Waals surface area contributed by atoms with Crippen LogP contribution in [0, 0.1) is 33.5 Å². The third-order valence-corrected chi connectivity index (χ3v) is 6.05. The van der Waals surface area contributed by atoms with Crippen molar-refractivity contribution in [1.29, 1.82) is 5.26 Å². The molecule has 0 radical (unpaired) electrons. The van der Waals surface area contributed by atoms with Gasteiger partial charge in [-0.2, -0.15) is 5.26 Å². The first-order chi connectivity index (χ1) is 10.2. The van der Waals surface area contributed by atoms with E-state index in [4.69, 9.17) is 5.11 Å². The molecule has 0 aromatic carbocycles. The first-order valence-corrected chi connectivity index (χ1v) is 7.79. The van der Waals surface area contributed by atoms with Crippen LogP contribution in [0.4, 0.5) is 0 Å². The standard InChI is InChI=1S/C17H21NO4/c1-11(13(19)20)2-3-15-4-12-5-16(7-15,10-18)9-17(6-12,8-15)14(21)22/h2,12H,3-9H2,1H3,(H,19,20)(H,21,22). The van der Waals surface area contributed by atoms with Gasteiger partial charge in [-0.05, 0) is 63.2 Å². The van der Waals surface area contributed by atoms with Crippen LogP contribution in [-0.2, 0) is 9.59 Å². The Hall–Kier alpha value is -1.83. The Morgan fingerprint density at radius 2 is 1.95 bits per heavy atom. The summed E-state index contributed by atoms with van der Waals surface area (Å²) in [6, 6.07) is 2.42. The fourth-order valence-electron chi connectivity index (χ4n) is 5.69. The number of carboxylic acid groups (broad SMARTS) is 2. The van der Waals surface area contributed by atoms with E-state index in [0.717, 1.165) is 12.8 Å². The fraction of sp³-hybridized carbons (Fsp3) is 0.706. The van der Waals surface area contributed by atoms with Gasteiger partial charge in [0.2, 0.25) is 0 Å². The van der Waals surface area contributed by atoms with Gasteiger partial charge < -0.3 is 10.2 Å². The van der Waals surface area contributed by atoms with Crippen molar-refractivity contribution in [1.82, 2.24) is 0 Å². The van der Waals surface area contributed by atoms with Gasteiger partial charge in [-0.1, -0.05) is 6.08 Å². The van der Waals surface area contributed by atoms with Crippen LogP contribution >= 0.6 is 0 Å². The van der Waals surface area contributed by atoms with Crippen LogP contribution in [0.2, 0.25) is 0 Å². The molecule has 0 saturated heterocycles. The number of aliphatic carboxylic acids is 2. The van der Waals surface area contributed by atoms with Gasteiger partial charge in [-0.3, -0.25) is 4.79 Å².